The predicted molar refractivity (Wildman–Crippen MR) is 86.1 cm³/mol. The zero-order chi connectivity index (χ0) is 18.0. The summed E-state index contributed by atoms with van der Waals surface area (Å²) in [4.78, 5) is 18.0. The van der Waals surface area contributed by atoms with E-state index in [-0.39, 0.29) is 13.1 Å². The van der Waals surface area contributed by atoms with E-state index in [0.29, 0.717) is 12.2 Å². The van der Waals surface area contributed by atoms with Crippen LogP contribution in [0.1, 0.15) is 11.3 Å². The molecule has 1 aromatic heterocycles. The third-order valence-electron chi connectivity index (χ3n) is 4.46. The summed E-state index contributed by atoms with van der Waals surface area (Å²) < 4.78 is 41.6. The van der Waals surface area contributed by atoms with Gasteiger partial charge in [0, 0.05) is 25.8 Å². The highest BCUT2D eigenvalue weighted by molar-refractivity contribution is 5.87. The maximum absolute atomic E-state index is 13.4. The van der Waals surface area contributed by atoms with Crippen LogP contribution in [0.15, 0.2) is 42.9 Å². The van der Waals surface area contributed by atoms with E-state index in [4.69, 9.17) is 0 Å². The van der Waals surface area contributed by atoms with E-state index in [1.807, 2.05) is 30.3 Å². The van der Waals surface area contributed by atoms with Crippen molar-refractivity contribution in [2.45, 2.75) is 19.6 Å². The molecule has 0 bridgehead atoms. The first kappa shape index (κ1) is 17.5. The Balaban J connectivity index is 1.73. The molecule has 134 valence electrons. The molecule has 0 aliphatic carbocycles. The largest absolute Gasteiger partial charge is 0.393 e. The predicted octanol–water partition coefficient (Wildman–Crippen LogP) is 2.57. The van der Waals surface area contributed by atoms with Gasteiger partial charge in [-0.05, 0) is 12.5 Å². The van der Waals surface area contributed by atoms with Gasteiger partial charge in [-0.25, -0.2) is 9.66 Å². The van der Waals surface area contributed by atoms with E-state index < -0.39 is 23.9 Å². The van der Waals surface area contributed by atoms with Gasteiger partial charge in [-0.2, -0.15) is 13.2 Å². The van der Waals surface area contributed by atoms with Crippen molar-refractivity contribution in [2.75, 3.05) is 18.5 Å². The summed E-state index contributed by atoms with van der Waals surface area (Å²) in [5.74, 6) is -3.47. The molecular formula is C17H19F3N4O. The summed E-state index contributed by atoms with van der Waals surface area (Å²) in [5.41, 5.74) is 4.08. The first-order valence-corrected chi connectivity index (χ1v) is 7.97. The molecule has 2 unspecified atom stereocenters. The molecule has 0 radical (unpaired) electrons. The molecule has 2 aromatic rings. The van der Waals surface area contributed by atoms with Gasteiger partial charge in [0.05, 0.1) is 17.5 Å². The smallest absolute Gasteiger partial charge is 0.298 e. The highest BCUT2D eigenvalue weighted by Gasteiger charge is 2.52. The Morgan fingerprint density at radius 1 is 1.28 bits per heavy atom. The average Bonchev–Trinajstić information content (AvgIpc) is 3.15. The molecule has 1 aromatic carbocycles. The second-order valence-electron chi connectivity index (χ2n) is 6.32. The number of halogens is 3. The Labute approximate surface area is 143 Å². The highest BCUT2D eigenvalue weighted by atomic mass is 19.4. The fraction of sp³-hybridized carbons (Fsp3) is 0.412. The maximum Gasteiger partial charge on any atom is 0.393 e. The summed E-state index contributed by atoms with van der Waals surface area (Å²) >= 11 is 0. The van der Waals surface area contributed by atoms with Gasteiger partial charge in [0.15, 0.2) is 0 Å². The number of alkyl halides is 3. The fourth-order valence-electron chi connectivity index (χ4n) is 3.13. The van der Waals surface area contributed by atoms with E-state index in [0.717, 1.165) is 5.56 Å². The van der Waals surface area contributed by atoms with E-state index in [9.17, 15) is 18.0 Å². The number of hydrogen-bond acceptors (Lipinski definition) is 3. The van der Waals surface area contributed by atoms with Crippen LogP contribution in [0.3, 0.4) is 0 Å². The number of amides is 1. The molecular weight excluding hydrogens is 333 g/mol. The summed E-state index contributed by atoms with van der Waals surface area (Å²) in [5, 5.41) is 0. The topological polar surface area (TPSA) is 50.2 Å². The van der Waals surface area contributed by atoms with Crippen molar-refractivity contribution >= 4 is 5.91 Å². The van der Waals surface area contributed by atoms with Crippen molar-refractivity contribution < 1.29 is 18.0 Å². The van der Waals surface area contributed by atoms with E-state index in [1.165, 1.54) is 17.2 Å². The number of nitrogens with one attached hydrogen (secondary N) is 1. The van der Waals surface area contributed by atoms with Crippen LogP contribution >= 0.6 is 0 Å². The monoisotopic (exact) mass is 352 g/mol. The van der Waals surface area contributed by atoms with Gasteiger partial charge in [-0.3, -0.25) is 15.1 Å². The molecule has 1 aliphatic heterocycles. The number of rotatable bonds is 4. The van der Waals surface area contributed by atoms with Gasteiger partial charge < -0.3 is 0 Å². The molecule has 5 nitrogen and oxygen atoms in total. The number of hydrogen-bond donors (Lipinski definition) is 1. The van der Waals surface area contributed by atoms with Crippen LogP contribution in [0.25, 0.3) is 0 Å². The summed E-state index contributed by atoms with van der Waals surface area (Å²) in [7, 11) is 0. The lowest BCUT2D eigenvalue weighted by Crippen LogP contribution is -2.39. The van der Waals surface area contributed by atoms with Crippen molar-refractivity contribution in [1.82, 2.24) is 14.6 Å². The van der Waals surface area contributed by atoms with Crippen LogP contribution in [-0.4, -0.2) is 39.7 Å². The quantitative estimate of drug-likeness (QED) is 0.920. The summed E-state index contributed by atoms with van der Waals surface area (Å²) in [6, 6.07) is 9.28. The van der Waals surface area contributed by atoms with Crippen LogP contribution in [-0.2, 0) is 11.3 Å². The number of carbonyl (C=O) groups is 1. The number of nitrogens with zero attached hydrogens (tertiary/aromatic N) is 3. The lowest BCUT2D eigenvalue weighted by Gasteiger charge is -2.21. The van der Waals surface area contributed by atoms with Gasteiger partial charge in [-0.1, -0.05) is 30.3 Å². The first-order chi connectivity index (χ1) is 11.8. The minimum absolute atomic E-state index is 0.0681. The van der Waals surface area contributed by atoms with E-state index >= 15 is 0 Å². The average molecular weight is 352 g/mol. The fourth-order valence-corrected chi connectivity index (χ4v) is 3.13. The Hall–Kier alpha value is -2.35. The third kappa shape index (κ3) is 4.01. The molecule has 8 heteroatoms. The minimum Gasteiger partial charge on any atom is -0.298 e. The van der Waals surface area contributed by atoms with Gasteiger partial charge in [0.1, 0.15) is 6.33 Å². The number of aryl methyl sites for hydroxylation is 1. The molecule has 0 saturated carbocycles. The standard InChI is InChI=1S/C17H19F3N4O/c1-12-7-21-11-24(12)22-16(25)14-9-23(10-15(14)17(18,19)20)8-13-5-3-2-4-6-13/h2-7,11,14-15H,8-10H2,1H3,(H,22,25). The Morgan fingerprint density at radius 2 is 2.00 bits per heavy atom. The number of likely N-dealkylation sites (tertiary alicyclic amines) is 1. The Kier molecular flexibility index (Phi) is 4.80. The Bertz CT molecular complexity index is 729. The number of imidazole rings is 1. The van der Waals surface area contributed by atoms with Crippen molar-refractivity contribution in [3.05, 3.63) is 54.1 Å². The van der Waals surface area contributed by atoms with Crippen molar-refractivity contribution in [2.24, 2.45) is 11.8 Å². The van der Waals surface area contributed by atoms with Crippen molar-refractivity contribution in [3.8, 4) is 0 Å². The van der Waals surface area contributed by atoms with Crippen molar-refractivity contribution in [1.29, 1.82) is 0 Å². The molecule has 1 aliphatic rings. The second-order valence-corrected chi connectivity index (χ2v) is 6.32. The summed E-state index contributed by atoms with van der Waals surface area (Å²) in [6.45, 7) is 1.99. The van der Waals surface area contributed by atoms with E-state index in [2.05, 4.69) is 10.4 Å². The SMILES string of the molecule is Cc1cncn1NC(=O)C1CN(Cc2ccccc2)CC1C(F)(F)F. The first-order valence-electron chi connectivity index (χ1n) is 7.97. The van der Waals surface area contributed by atoms with Gasteiger partial charge in [-0.15, -0.1) is 0 Å². The van der Waals surface area contributed by atoms with E-state index in [1.54, 1.807) is 11.8 Å². The minimum atomic E-state index is -4.42. The zero-order valence-electron chi connectivity index (χ0n) is 13.7. The number of carbonyl (C=O) groups excluding carboxylic acids is 1. The molecule has 1 saturated heterocycles. The number of aromatic nitrogens is 2. The maximum atomic E-state index is 13.4. The van der Waals surface area contributed by atoms with Crippen molar-refractivity contribution in [3.63, 3.8) is 0 Å². The Morgan fingerprint density at radius 3 is 2.60 bits per heavy atom. The molecule has 25 heavy (non-hydrogen) atoms. The normalized spacial score (nSPS) is 21.4. The lowest BCUT2D eigenvalue weighted by molar-refractivity contribution is -0.182. The van der Waals surface area contributed by atoms with Crippen LogP contribution in [0.2, 0.25) is 0 Å². The molecule has 1 N–H and O–H groups in total. The van der Waals surface area contributed by atoms with Gasteiger partial charge >= 0.3 is 6.18 Å². The van der Waals surface area contributed by atoms with Gasteiger partial charge in [0.2, 0.25) is 5.91 Å². The lowest BCUT2D eigenvalue weighted by atomic mass is 9.95. The van der Waals surface area contributed by atoms with Crippen LogP contribution in [0.4, 0.5) is 13.2 Å². The van der Waals surface area contributed by atoms with Crippen LogP contribution in [0, 0.1) is 18.8 Å². The highest BCUT2D eigenvalue weighted by Crippen LogP contribution is 2.38. The van der Waals surface area contributed by atoms with Crippen LogP contribution < -0.4 is 5.43 Å². The zero-order valence-corrected chi connectivity index (χ0v) is 13.7. The van der Waals surface area contributed by atoms with Gasteiger partial charge in [0.25, 0.3) is 0 Å². The molecule has 1 fully saturated rings. The molecule has 1 amide bonds. The van der Waals surface area contributed by atoms with Crippen LogP contribution in [0.5, 0.6) is 0 Å². The molecule has 2 heterocycles. The molecule has 0 spiro atoms. The second kappa shape index (κ2) is 6.87. The molecule has 3 rings (SSSR count). The summed E-state index contributed by atoms with van der Waals surface area (Å²) in [6.07, 6.45) is -1.53. The third-order valence-corrected chi connectivity index (χ3v) is 4.46. The molecule has 2 atom stereocenters. The number of benzene rings is 1.